The molecule has 12 atom stereocenters. The van der Waals surface area contributed by atoms with Crippen LogP contribution in [0.2, 0.25) is 0 Å². The summed E-state index contributed by atoms with van der Waals surface area (Å²) in [6.07, 6.45) is 14.1. The molecular formula is C45H87NO13. The summed E-state index contributed by atoms with van der Waals surface area (Å²) in [7, 11) is 0. The molecule has 0 saturated carbocycles. The molecule has 0 spiro atoms. The molecule has 14 nitrogen and oxygen atoms in total. The monoisotopic (exact) mass is 850 g/mol. The van der Waals surface area contributed by atoms with E-state index in [0.29, 0.717) is 12.8 Å². The number of aliphatic hydroxyl groups excluding tert-OH is 8. The van der Waals surface area contributed by atoms with Crippen LogP contribution < -0.4 is 5.32 Å². The SMILES string of the molecule is CCCCCCCCCCCCCCCCCCC[C@@H](O)[C@H](CO[C@@H]1O[C@H](CO)[C@@H](O[C@@H]2O[C@H](CO)[C@H](O)C(O)C2O)C(O)C1O)NC(=O)CCCCCCCCCC. The van der Waals surface area contributed by atoms with Crippen LogP contribution in [0, 0.1) is 0 Å². The number of ether oxygens (including phenoxy) is 4. The molecule has 2 fully saturated rings. The van der Waals surface area contributed by atoms with Crippen LogP contribution in [0.4, 0.5) is 0 Å². The molecule has 0 aliphatic carbocycles. The van der Waals surface area contributed by atoms with Gasteiger partial charge in [-0.15, -0.1) is 0 Å². The van der Waals surface area contributed by atoms with E-state index in [1.165, 1.54) is 109 Å². The molecule has 0 bridgehead atoms. The van der Waals surface area contributed by atoms with E-state index >= 15 is 0 Å². The first kappa shape index (κ1) is 54.1. The van der Waals surface area contributed by atoms with Gasteiger partial charge in [-0.3, -0.25) is 4.79 Å². The van der Waals surface area contributed by atoms with E-state index in [1.807, 2.05) is 0 Å². The Labute approximate surface area is 355 Å². The lowest BCUT2D eigenvalue weighted by Crippen LogP contribution is -2.65. The van der Waals surface area contributed by atoms with Gasteiger partial charge < -0.3 is 65.1 Å². The van der Waals surface area contributed by atoms with Gasteiger partial charge in [0.2, 0.25) is 5.91 Å². The van der Waals surface area contributed by atoms with Crippen molar-refractivity contribution in [1.82, 2.24) is 5.32 Å². The summed E-state index contributed by atoms with van der Waals surface area (Å²) in [4.78, 5) is 13.0. The first-order chi connectivity index (χ1) is 28.6. The number of nitrogens with one attached hydrogen (secondary N) is 1. The van der Waals surface area contributed by atoms with Crippen LogP contribution in [0.3, 0.4) is 0 Å². The van der Waals surface area contributed by atoms with Crippen LogP contribution in [-0.4, -0.2) is 140 Å². The Morgan fingerprint density at radius 3 is 1.44 bits per heavy atom. The van der Waals surface area contributed by atoms with Crippen molar-refractivity contribution in [2.24, 2.45) is 0 Å². The average molecular weight is 850 g/mol. The van der Waals surface area contributed by atoms with Gasteiger partial charge in [0.25, 0.3) is 0 Å². The maximum absolute atomic E-state index is 13.0. The van der Waals surface area contributed by atoms with Crippen molar-refractivity contribution in [2.75, 3.05) is 19.8 Å². The standard InChI is InChI=1S/C45H87NO13/c1-3-5-7-9-11-13-14-15-16-17-18-19-20-21-22-24-26-28-34(49)33(46-37(50)29-27-25-23-12-10-8-6-4-2)32-56-44-42(55)40(53)43(36(31-48)58-44)59-45-41(54)39(52)38(51)35(30-47)57-45/h33-36,38-45,47-49,51-55H,3-32H2,1-2H3,(H,46,50)/t33-,34+,35+,36+,38-,39?,40?,41?,42?,43+,44+,45-/m0/s1. The van der Waals surface area contributed by atoms with E-state index in [0.717, 1.165) is 51.4 Å². The molecular weight excluding hydrogens is 762 g/mol. The maximum atomic E-state index is 13.0. The van der Waals surface area contributed by atoms with Gasteiger partial charge >= 0.3 is 0 Å². The van der Waals surface area contributed by atoms with Gasteiger partial charge in [-0.1, -0.05) is 168 Å². The molecule has 2 saturated heterocycles. The maximum Gasteiger partial charge on any atom is 0.220 e. The Hall–Kier alpha value is -1.01. The third-order valence-electron chi connectivity index (χ3n) is 12.1. The molecule has 4 unspecified atom stereocenters. The zero-order valence-electron chi connectivity index (χ0n) is 36.8. The van der Waals surface area contributed by atoms with Crippen LogP contribution in [-0.2, 0) is 23.7 Å². The summed E-state index contributed by atoms with van der Waals surface area (Å²) >= 11 is 0. The zero-order chi connectivity index (χ0) is 43.3. The summed E-state index contributed by atoms with van der Waals surface area (Å²) in [5, 5.41) is 86.6. The summed E-state index contributed by atoms with van der Waals surface area (Å²) < 4.78 is 22.7. The van der Waals surface area contributed by atoms with E-state index in [9.17, 15) is 45.6 Å². The number of carbonyl (C=O) groups excluding carboxylic acids is 1. The Balaban J connectivity index is 1.83. The van der Waals surface area contributed by atoms with Crippen molar-refractivity contribution < 1.29 is 64.6 Å². The number of hydrogen-bond acceptors (Lipinski definition) is 13. The molecule has 59 heavy (non-hydrogen) atoms. The van der Waals surface area contributed by atoms with Gasteiger partial charge in [-0.25, -0.2) is 0 Å². The third kappa shape index (κ3) is 21.8. The lowest BCUT2D eigenvalue weighted by atomic mass is 9.97. The fourth-order valence-corrected chi connectivity index (χ4v) is 8.12. The van der Waals surface area contributed by atoms with E-state index in [2.05, 4.69) is 19.2 Å². The lowest BCUT2D eigenvalue weighted by Gasteiger charge is -2.46. The summed E-state index contributed by atoms with van der Waals surface area (Å²) in [5.41, 5.74) is 0. The molecule has 2 aliphatic rings. The van der Waals surface area contributed by atoms with E-state index in [4.69, 9.17) is 18.9 Å². The minimum atomic E-state index is -1.78. The summed E-state index contributed by atoms with van der Waals surface area (Å²) in [6.45, 7) is 2.81. The van der Waals surface area contributed by atoms with Crippen LogP contribution in [0.15, 0.2) is 0 Å². The molecule has 0 aromatic rings. The number of hydrogen-bond donors (Lipinski definition) is 9. The highest BCUT2D eigenvalue weighted by Gasteiger charge is 2.51. The highest BCUT2D eigenvalue weighted by Crippen LogP contribution is 2.30. The second-order valence-corrected chi connectivity index (χ2v) is 17.2. The van der Waals surface area contributed by atoms with Crippen molar-refractivity contribution in [1.29, 1.82) is 0 Å². The predicted octanol–water partition coefficient (Wildman–Crippen LogP) is 5.05. The van der Waals surface area contributed by atoms with Gasteiger partial charge in [0, 0.05) is 6.42 Å². The summed E-state index contributed by atoms with van der Waals surface area (Å²) in [5.74, 6) is -0.211. The second-order valence-electron chi connectivity index (χ2n) is 17.2. The topological polar surface area (TPSA) is 228 Å². The molecule has 0 radical (unpaired) electrons. The Bertz CT molecular complexity index is 1010. The smallest absolute Gasteiger partial charge is 0.220 e. The first-order valence-electron chi connectivity index (χ1n) is 23.8. The predicted molar refractivity (Wildman–Crippen MR) is 226 cm³/mol. The van der Waals surface area contributed by atoms with Crippen molar-refractivity contribution in [3.63, 3.8) is 0 Å². The molecule has 14 heteroatoms. The molecule has 2 aliphatic heterocycles. The second kappa shape index (κ2) is 33.5. The highest BCUT2D eigenvalue weighted by molar-refractivity contribution is 5.76. The van der Waals surface area contributed by atoms with Gasteiger partial charge in [0.05, 0.1) is 32.0 Å². The van der Waals surface area contributed by atoms with E-state index < -0.39 is 86.8 Å². The normalized spacial score (nSPS) is 28.4. The number of unbranched alkanes of at least 4 members (excludes halogenated alkanes) is 23. The van der Waals surface area contributed by atoms with E-state index in [1.54, 1.807) is 0 Å². The van der Waals surface area contributed by atoms with Gasteiger partial charge in [0.15, 0.2) is 12.6 Å². The third-order valence-corrected chi connectivity index (χ3v) is 12.1. The fraction of sp³-hybridized carbons (Fsp3) is 0.978. The zero-order valence-corrected chi connectivity index (χ0v) is 36.8. The Morgan fingerprint density at radius 2 is 0.966 bits per heavy atom. The minimum Gasteiger partial charge on any atom is -0.394 e. The van der Waals surface area contributed by atoms with Crippen LogP contribution in [0.1, 0.15) is 187 Å². The number of carbonyl (C=O) groups is 1. The van der Waals surface area contributed by atoms with Crippen molar-refractivity contribution in [3.8, 4) is 0 Å². The summed E-state index contributed by atoms with van der Waals surface area (Å²) in [6, 6.07) is -0.818. The Morgan fingerprint density at radius 1 is 0.542 bits per heavy atom. The number of amides is 1. The quantitative estimate of drug-likeness (QED) is 0.0377. The van der Waals surface area contributed by atoms with Crippen LogP contribution >= 0.6 is 0 Å². The van der Waals surface area contributed by atoms with Crippen molar-refractivity contribution in [2.45, 2.75) is 261 Å². The molecule has 350 valence electrons. The molecule has 2 rings (SSSR count). The highest BCUT2D eigenvalue weighted by atomic mass is 16.7. The number of aliphatic hydroxyl groups is 8. The van der Waals surface area contributed by atoms with Gasteiger partial charge in [-0.2, -0.15) is 0 Å². The minimum absolute atomic E-state index is 0.211. The van der Waals surface area contributed by atoms with Crippen molar-refractivity contribution >= 4 is 5.91 Å². The molecule has 0 aromatic carbocycles. The molecule has 2 heterocycles. The van der Waals surface area contributed by atoms with E-state index in [-0.39, 0.29) is 12.5 Å². The fourth-order valence-electron chi connectivity index (χ4n) is 8.12. The first-order valence-corrected chi connectivity index (χ1v) is 23.8. The van der Waals surface area contributed by atoms with Crippen molar-refractivity contribution in [3.05, 3.63) is 0 Å². The molecule has 0 aromatic heterocycles. The van der Waals surface area contributed by atoms with Crippen LogP contribution in [0.25, 0.3) is 0 Å². The molecule has 1 amide bonds. The van der Waals surface area contributed by atoms with Gasteiger partial charge in [-0.05, 0) is 12.8 Å². The molecule has 9 N–H and O–H groups in total. The largest absolute Gasteiger partial charge is 0.394 e. The average Bonchev–Trinajstić information content (AvgIpc) is 3.23. The number of rotatable bonds is 36. The van der Waals surface area contributed by atoms with Gasteiger partial charge in [0.1, 0.15) is 48.8 Å². The lowest BCUT2D eigenvalue weighted by molar-refractivity contribution is -0.359. The van der Waals surface area contributed by atoms with Crippen LogP contribution in [0.5, 0.6) is 0 Å². The Kier molecular flexibility index (Phi) is 30.8.